The first-order chi connectivity index (χ1) is 24.6. The van der Waals surface area contributed by atoms with Gasteiger partial charge in [-0.25, -0.2) is 14.6 Å². The number of carbonyl (C=O) groups excluding carboxylic acids is 2. The van der Waals surface area contributed by atoms with E-state index in [0.29, 0.717) is 47.0 Å². The van der Waals surface area contributed by atoms with Gasteiger partial charge in [0.2, 0.25) is 0 Å². The maximum Gasteiger partial charge on any atom is 0.410 e. The maximum absolute atomic E-state index is 14.9. The van der Waals surface area contributed by atoms with Crippen molar-refractivity contribution in [3.8, 4) is 10.9 Å². The van der Waals surface area contributed by atoms with Gasteiger partial charge in [0.15, 0.2) is 5.75 Å². The molecule has 1 aromatic heterocycles. The molecular weight excluding hydrogens is 774 g/mol. The molecule has 2 atom stereocenters. The number of fused-ring (bicyclic) bond motifs is 2. The van der Waals surface area contributed by atoms with E-state index in [1.165, 1.54) is 21.1 Å². The Morgan fingerprint density at radius 1 is 1.02 bits per heavy atom. The molecule has 52 heavy (non-hydrogen) atoms. The fourth-order valence-corrected chi connectivity index (χ4v) is 8.44. The summed E-state index contributed by atoms with van der Waals surface area (Å²) in [4.78, 5) is 50.7. The third-order valence-electron chi connectivity index (χ3n) is 8.86. The fourth-order valence-electron chi connectivity index (χ4n) is 6.50. The van der Waals surface area contributed by atoms with Crippen LogP contribution in [-0.2, 0) is 16.1 Å². The van der Waals surface area contributed by atoms with Gasteiger partial charge in [0.05, 0.1) is 37.1 Å². The molecular formula is C36H38Cl4N4O7S. The van der Waals surface area contributed by atoms with Gasteiger partial charge in [0, 0.05) is 37.4 Å². The molecule has 1 N–H and O–H groups in total. The van der Waals surface area contributed by atoms with Crippen LogP contribution in [0.3, 0.4) is 0 Å². The average Bonchev–Trinajstić information content (AvgIpc) is 3.79. The molecule has 1 saturated carbocycles. The Morgan fingerprint density at radius 3 is 2.37 bits per heavy atom. The highest BCUT2D eigenvalue weighted by Crippen LogP contribution is 2.44. The number of hydrogen-bond acceptors (Lipinski definition) is 8. The highest BCUT2D eigenvalue weighted by atomic mass is 35.5. The smallest absolute Gasteiger partial charge is 0.410 e. The van der Waals surface area contributed by atoms with Crippen LogP contribution in [0, 0.1) is 6.92 Å². The number of benzene rings is 2. The van der Waals surface area contributed by atoms with Crippen molar-refractivity contribution >= 4 is 81.4 Å². The largest absolute Gasteiger partial charge is 0.487 e. The van der Waals surface area contributed by atoms with Crippen molar-refractivity contribution in [3.63, 3.8) is 0 Å². The van der Waals surface area contributed by atoms with E-state index in [2.05, 4.69) is 4.98 Å². The van der Waals surface area contributed by atoms with E-state index in [1.54, 1.807) is 56.1 Å². The quantitative estimate of drug-likeness (QED) is 0.202. The lowest BCUT2D eigenvalue weighted by molar-refractivity contribution is -0.129. The number of carbonyl (C=O) groups is 3. The number of piperazine rings is 1. The minimum Gasteiger partial charge on any atom is -0.487 e. The minimum absolute atomic E-state index is 0.0671. The molecule has 3 aliphatic rings. The van der Waals surface area contributed by atoms with Crippen molar-refractivity contribution in [1.82, 2.24) is 19.7 Å². The van der Waals surface area contributed by atoms with Crippen LogP contribution >= 0.6 is 57.7 Å². The van der Waals surface area contributed by atoms with Gasteiger partial charge >= 0.3 is 12.2 Å². The Labute approximate surface area is 325 Å². The lowest BCUT2D eigenvalue weighted by Gasteiger charge is -2.50. The van der Waals surface area contributed by atoms with Crippen LogP contribution < -0.4 is 9.47 Å². The summed E-state index contributed by atoms with van der Waals surface area (Å²) in [6.07, 6.45) is 1.61. The number of aryl methyl sites for hydroxylation is 1. The second-order valence-electron chi connectivity index (χ2n) is 14.0. The van der Waals surface area contributed by atoms with E-state index in [0.717, 1.165) is 18.4 Å². The summed E-state index contributed by atoms with van der Waals surface area (Å²) in [7, 11) is 0. The number of halogens is 4. The van der Waals surface area contributed by atoms with E-state index in [9.17, 15) is 19.5 Å². The van der Waals surface area contributed by atoms with Crippen molar-refractivity contribution in [2.75, 3.05) is 26.3 Å². The highest BCUT2D eigenvalue weighted by molar-refractivity contribution is 7.14. The summed E-state index contributed by atoms with van der Waals surface area (Å²) in [6.45, 7) is 7.66. The Balaban J connectivity index is 1.32. The Bertz CT molecular complexity index is 1890. The molecule has 16 heteroatoms. The molecule has 6 rings (SSSR count). The summed E-state index contributed by atoms with van der Waals surface area (Å²) in [5.41, 5.74) is 1.75. The number of carboxylic acid groups (broad SMARTS) is 1. The normalized spacial score (nSPS) is 18.7. The molecule has 2 aliphatic heterocycles. The van der Waals surface area contributed by atoms with E-state index in [1.807, 2.05) is 13.0 Å². The van der Waals surface area contributed by atoms with Crippen molar-refractivity contribution in [3.05, 3.63) is 78.2 Å². The van der Waals surface area contributed by atoms with Crippen LogP contribution in [0.25, 0.3) is 5.57 Å². The zero-order chi connectivity index (χ0) is 37.5. The van der Waals surface area contributed by atoms with Gasteiger partial charge in [0.1, 0.15) is 18.8 Å². The number of hydrogen-bond donors (Lipinski definition) is 1. The molecule has 11 nitrogen and oxygen atoms in total. The number of ether oxygens (including phenoxy) is 3. The van der Waals surface area contributed by atoms with E-state index < -0.39 is 29.9 Å². The predicted molar refractivity (Wildman–Crippen MR) is 201 cm³/mol. The predicted octanol–water partition coefficient (Wildman–Crippen LogP) is 8.84. The molecule has 1 unspecified atom stereocenters. The minimum atomic E-state index is -1.18. The highest BCUT2D eigenvalue weighted by Gasteiger charge is 2.50. The second kappa shape index (κ2) is 15.5. The maximum atomic E-state index is 14.9. The molecule has 3 heterocycles. The number of amides is 3. The van der Waals surface area contributed by atoms with Gasteiger partial charge in [0.25, 0.3) is 11.1 Å². The zero-order valence-corrected chi connectivity index (χ0v) is 32.8. The van der Waals surface area contributed by atoms with Crippen LogP contribution in [0.4, 0.5) is 9.59 Å². The van der Waals surface area contributed by atoms with Gasteiger partial charge in [-0.3, -0.25) is 9.69 Å². The zero-order valence-electron chi connectivity index (χ0n) is 29.0. The van der Waals surface area contributed by atoms with Gasteiger partial charge in [-0.2, -0.15) is 0 Å². The molecule has 1 aliphatic carbocycles. The Kier molecular flexibility index (Phi) is 11.4. The molecule has 3 amide bonds. The summed E-state index contributed by atoms with van der Waals surface area (Å²) in [6, 6.07) is 7.09. The van der Waals surface area contributed by atoms with Crippen molar-refractivity contribution in [1.29, 1.82) is 0 Å². The molecule has 1 saturated heterocycles. The van der Waals surface area contributed by atoms with Crippen LogP contribution in [0.2, 0.25) is 20.1 Å². The van der Waals surface area contributed by atoms with Gasteiger partial charge in [-0.15, -0.1) is 0 Å². The monoisotopic (exact) mass is 810 g/mol. The van der Waals surface area contributed by atoms with Crippen LogP contribution in [0.5, 0.6) is 10.9 Å². The number of nitrogens with zero attached hydrogens (tertiary/aromatic N) is 4. The summed E-state index contributed by atoms with van der Waals surface area (Å²) in [5.74, 6) is 0.0208. The first-order valence-corrected chi connectivity index (χ1v) is 19.1. The first kappa shape index (κ1) is 38.3. The summed E-state index contributed by atoms with van der Waals surface area (Å²) in [5, 5.41) is 12.3. The molecule has 2 aromatic carbocycles. The van der Waals surface area contributed by atoms with Crippen molar-refractivity contribution < 1.29 is 33.7 Å². The molecule has 0 radical (unpaired) electrons. The van der Waals surface area contributed by atoms with Gasteiger partial charge in [-0.05, 0) is 81.9 Å². The molecule has 2 fully saturated rings. The van der Waals surface area contributed by atoms with E-state index in [4.69, 9.17) is 60.6 Å². The average molecular weight is 813 g/mol. The molecule has 3 aromatic rings. The Hall–Kier alpha value is -3.42. The molecule has 278 valence electrons. The topological polar surface area (TPSA) is 122 Å². The van der Waals surface area contributed by atoms with Gasteiger partial charge in [-0.1, -0.05) is 69.9 Å². The number of rotatable bonds is 10. The number of aromatic nitrogens is 1. The van der Waals surface area contributed by atoms with Crippen molar-refractivity contribution in [2.24, 2.45) is 0 Å². The standard InChI is InChI=1S/C36H38Cl4N4O7S/c1-19-12-25(38)31(26(39)13-19)49-10-11-50-33-41-15-28(52-33)23-14-22-17-42(35(48)51-36(2,3)4)18-27(44(22)34(46)47)29(23)32(45)43(21-8-9-21)16-20-6-5-7-24(37)30(20)40/h5-7,12-13,15,21-22,27H,8-11,14,16-18H2,1-4H3,(H,46,47)/t22?,27-/m1/s1. The lowest BCUT2D eigenvalue weighted by Crippen LogP contribution is -2.65. The lowest BCUT2D eigenvalue weighted by atomic mass is 9.83. The summed E-state index contributed by atoms with van der Waals surface area (Å²) < 4.78 is 17.4. The van der Waals surface area contributed by atoms with E-state index in [-0.39, 0.29) is 56.8 Å². The van der Waals surface area contributed by atoms with Gasteiger partial charge < -0.3 is 29.1 Å². The second-order valence-corrected chi connectivity index (χ2v) is 16.6. The SMILES string of the molecule is Cc1cc(Cl)c(OCCOc2ncc(C3=C(C(=O)N(Cc4cccc(Cl)c4Cl)C4CC4)[C@H]4CN(C(=O)OC(C)(C)C)CC(C3)N4C(=O)O)s2)c(Cl)c1. The fraction of sp³-hybridized carbons (Fsp3) is 0.444. The van der Waals surface area contributed by atoms with Crippen LogP contribution in [0.15, 0.2) is 42.1 Å². The van der Waals surface area contributed by atoms with Crippen LogP contribution in [-0.4, -0.2) is 92.9 Å². The Morgan fingerprint density at radius 2 is 1.71 bits per heavy atom. The molecule has 2 bridgehead atoms. The summed E-state index contributed by atoms with van der Waals surface area (Å²) >= 11 is 26.8. The third-order valence-corrected chi connectivity index (χ3v) is 11.2. The third kappa shape index (κ3) is 8.52. The number of thiazole rings is 1. The van der Waals surface area contributed by atoms with Crippen molar-refractivity contribution in [2.45, 2.75) is 77.2 Å². The van der Waals surface area contributed by atoms with E-state index >= 15 is 0 Å². The van der Waals surface area contributed by atoms with Crippen LogP contribution in [0.1, 0.15) is 56.0 Å². The molecule has 0 spiro atoms. The first-order valence-electron chi connectivity index (χ1n) is 16.7.